The zero-order chi connectivity index (χ0) is 20.6. The first kappa shape index (κ1) is 20.1. The number of hydrogen-bond acceptors (Lipinski definition) is 4. The van der Waals surface area contributed by atoms with E-state index in [1.165, 1.54) is 0 Å². The molecule has 3 aromatic rings. The normalized spacial score (nSPS) is 11.4. The molecule has 148 valence electrons. The number of carbonyl (C=O) groups is 2. The van der Waals surface area contributed by atoms with Gasteiger partial charge in [0.05, 0.1) is 18.7 Å². The average Bonchev–Trinajstić information content (AvgIpc) is 2.77. The third-order valence-corrected chi connectivity index (χ3v) is 4.59. The van der Waals surface area contributed by atoms with E-state index in [4.69, 9.17) is 9.47 Å². The highest BCUT2D eigenvalue weighted by atomic mass is 16.5. The fourth-order valence-electron chi connectivity index (χ4n) is 3.01. The predicted octanol–water partition coefficient (Wildman–Crippen LogP) is 4.07. The number of esters is 1. The summed E-state index contributed by atoms with van der Waals surface area (Å²) in [5, 5.41) is 2.95. The van der Waals surface area contributed by atoms with Crippen molar-refractivity contribution in [3.63, 3.8) is 0 Å². The van der Waals surface area contributed by atoms with Crippen LogP contribution < -0.4 is 10.1 Å². The molecule has 0 aliphatic heterocycles. The standard InChI is InChI=1S/C24H23NO4/c1-17-8-6-7-11-21(17)24(27)29-16-22(26)25-23(18-9-4-3-5-10-18)19-12-14-20(28-2)15-13-19/h3-15,23H,16H2,1-2H3,(H,25,26)/t23-/m0/s1. The third-order valence-electron chi connectivity index (χ3n) is 4.59. The second kappa shape index (κ2) is 9.55. The average molecular weight is 389 g/mol. The van der Waals surface area contributed by atoms with Crippen LogP contribution in [0.15, 0.2) is 78.9 Å². The van der Waals surface area contributed by atoms with Crippen molar-refractivity contribution in [3.05, 3.63) is 101 Å². The summed E-state index contributed by atoms with van der Waals surface area (Å²) < 4.78 is 10.4. The van der Waals surface area contributed by atoms with Crippen LogP contribution in [0.5, 0.6) is 5.75 Å². The van der Waals surface area contributed by atoms with Crippen LogP contribution >= 0.6 is 0 Å². The van der Waals surface area contributed by atoms with Gasteiger partial charge in [0.15, 0.2) is 6.61 Å². The topological polar surface area (TPSA) is 64.6 Å². The summed E-state index contributed by atoms with van der Waals surface area (Å²) in [5.41, 5.74) is 3.08. The maximum absolute atomic E-state index is 12.5. The third kappa shape index (κ3) is 5.23. The number of methoxy groups -OCH3 is 1. The van der Waals surface area contributed by atoms with Crippen molar-refractivity contribution < 1.29 is 19.1 Å². The molecule has 0 radical (unpaired) electrons. The van der Waals surface area contributed by atoms with Gasteiger partial charge in [-0.2, -0.15) is 0 Å². The smallest absolute Gasteiger partial charge is 0.338 e. The van der Waals surface area contributed by atoms with Gasteiger partial charge in [-0.3, -0.25) is 4.79 Å². The predicted molar refractivity (Wildman–Crippen MR) is 111 cm³/mol. The molecule has 1 amide bonds. The van der Waals surface area contributed by atoms with E-state index in [2.05, 4.69) is 5.32 Å². The van der Waals surface area contributed by atoms with Crippen molar-refractivity contribution in [2.75, 3.05) is 13.7 Å². The molecule has 0 aliphatic rings. The van der Waals surface area contributed by atoms with Gasteiger partial charge in [0.25, 0.3) is 5.91 Å². The Balaban J connectivity index is 1.71. The maximum Gasteiger partial charge on any atom is 0.338 e. The van der Waals surface area contributed by atoms with Crippen molar-refractivity contribution in [1.82, 2.24) is 5.32 Å². The lowest BCUT2D eigenvalue weighted by molar-refractivity contribution is -0.124. The minimum absolute atomic E-state index is 0.355. The van der Waals surface area contributed by atoms with Gasteiger partial charge in [0.2, 0.25) is 0 Å². The number of ether oxygens (including phenoxy) is 2. The summed E-state index contributed by atoms with van der Waals surface area (Å²) in [6.07, 6.45) is 0. The summed E-state index contributed by atoms with van der Waals surface area (Å²) in [7, 11) is 1.61. The van der Waals surface area contributed by atoms with E-state index in [0.29, 0.717) is 5.56 Å². The Hall–Kier alpha value is -3.60. The molecule has 5 nitrogen and oxygen atoms in total. The van der Waals surface area contributed by atoms with Crippen molar-refractivity contribution >= 4 is 11.9 Å². The molecular formula is C24H23NO4. The molecule has 29 heavy (non-hydrogen) atoms. The van der Waals surface area contributed by atoms with Crippen LogP contribution in [0.25, 0.3) is 0 Å². The number of nitrogens with one attached hydrogen (secondary N) is 1. The number of rotatable bonds is 7. The lowest BCUT2D eigenvalue weighted by Gasteiger charge is -2.20. The Morgan fingerprint density at radius 1 is 0.862 bits per heavy atom. The first-order valence-electron chi connectivity index (χ1n) is 9.29. The molecule has 0 saturated heterocycles. The molecule has 0 aromatic heterocycles. The van der Waals surface area contributed by atoms with Gasteiger partial charge in [-0.05, 0) is 41.8 Å². The highest BCUT2D eigenvalue weighted by Crippen LogP contribution is 2.24. The molecule has 0 heterocycles. The molecule has 3 aromatic carbocycles. The van der Waals surface area contributed by atoms with E-state index < -0.39 is 5.97 Å². The van der Waals surface area contributed by atoms with E-state index >= 15 is 0 Å². The van der Waals surface area contributed by atoms with Gasteiger partial charge in [-0.25, -0.2) is 4.79 Å². The van der Waals surface area contributed by atoms with Crippen LogP contribution in [-0.4, -0.2) is 25.6 Å². The summed E-state index contributed by atoms with van der Waals surface area (Å²) in [5.74, 6) is -0.158. The van der Waals surface area contributed by atoms with E-state index in [0.717, 1.165) is 22.4 Å². The minimum Gasteiger partial charge on any atom is -0.497 e. The van der Waals surface area contributed by atoms with Gasteiger partial charge in [0, 0.05) is 0 Å². The molecular weight excluding hydrogens is 366 g/mol. The van der Waals surface area contributed by atoms with E-state index in [9.17, 15) is 9.59 Å². The van der Waals surface area contributed by atoms with Crippen molar-refractivity contribution in [2.24, 2.45) is 0 Å². The van der Waals surface area contributed by atoms with Crippen LogP contribution in [0.4, 0.5) is 0 Å². The molecule has 0 fully saturated rings. The van der Waals surface area contributed by atoms with Gasteiger partial charge < -0.3 is 14.8 Å². The number of carbonyl (C=O) groups excluding carboxylic acids is 2. The largest absolute Gasteiger partial charge is 0.497 e. The van der Waals surface area contributed by atoms with Crippen LogP contribution in [0, 0.1) is 6.92 Å². The lowest BCUT2D eigenvalue weighted by Crippen LogP contribution is -2.33. The summed E-state index contributed by atoms with van der Waals surface area (Å²) in [6.45, 7) is 1.47. The zero-order valence-electron chi connectivity index (χ0n) is 16.4. The van der Waals surface area contributed by atoms with Crippen LogP contribution in [0.2, 0.25) is 0 Å². The molecule has 0 bridgehead atoms. The Morgan fingerprint density at radius 2 is 1.48 bits per heavy atom. The highest BCUT2D eigenvalue weighted by molar-refractivity contribution is 5.92. The Labute approximate surface area is 170 Å². The van der Waals surface area contributed by atoms with Gasteiger partial charge in [-0.1, -0.05) is 60.7 Å². The zero-order valence-corrected chi connectivity index (χ0v) is 16.4. The minimum atomic E-state index is -0.515. The summed E-state index contributed by atoms with van der Waals surface area (Å²) in [4.78, 5) is 24.8. The monoisotopic (exact) mass is 389 g/mol. The second-order valence-corrected chi connectivity index (χ2v) is 6.58. The van der Waals surface area contributed by atoms with Crippen molar-refractivity contribution in [3.8, 4) is 5.75 Å². The van der Waals surface area contributed by atoms with Crippen LogP contribution in [0.1, 0.15) is 33.1 Å². The van der Waals surface area contributed by atoms with E-state index in [1.807, 2.05) is 73.7 Å². The second-order valence-electron chi connectivity index (χ2n) is 6.58. The molecule has 3 rings (SSSR count). The lowest BCUT2D eigenvalue weighted by atomic mass is 9.98. The van der Waals surface area contributed by atoms with E-state index in [-0.39, 0.29) is 18.6 Å². The van der Waals surface area contributed by atoms with Gasteiger partial charge >= 0.3 is 5.97 Å². The quantitative estimate of drug-likeness (QED) is 0.619. The molecule has 5 heteroatoms. The molecule has 0 unspecified atom stereocenters. The number of aryl methyl sites for hydroxylation is 1. The SMILES string of the molecule is COc1ccc([C@@H](NC(=O)COC(=O)c2ccccc2C)c2ccccc2)cc1. The fourth-order valence-corrected chi connectivity index (χ4v) is 3.01. The molecule has 0 saturated carbocycles. The first-order chi connectivity index (χ1) is 14.1. The maximum atomic E-state index is 12.5. The Bertz CT molecular complexity index is 968. The molecule has 1 N–H and O–H groups in total. The van der Waals surface area contributed by atoms with Gasteiger partial charge in [-0.15, -0.1) is 0 Å². The first-order valence-corrected chi connectivity index (χ1v) is 9.29. The van der Waals surface area contributed by atoms with Crippen molar-refractivity contribution in [1.29, 1.82) is 0 Å². The van der Waals surface area contributed by atoms with Gasteiger partial charge in [0.1, 0.15) is 5.75 Å². The number of benzene rings is 3. The number of amides is 1. The molecule has 1 atom stereocenters. The van der Waals surface area contributed by atoms with Crippen LogP contribution in [-0.2, 0) is 9.53 Å². The van der Waals surface area contributed by atoms with E-state index in [1.54, 1.807) is 19.2 Å². The Kier molecular flexibility index (Phi) is 6.63. The number of hydrogen-bond donors (Lipinski definition) is 1. The Morgan fingerprint density at radius 3 is 2.14 bits per heavy atom. The highest BCUT2D eigenvalue weighted by Gasteiger charge is 2.18. The summed E-state index contributed by atoms with van der Waals surface area (Å²) >= 11 is 0. The summed E-state index contributed by atoms with van der Waals surface area (Å²) in [6, 6.07) is 23.8. The fraction of sp³-hybridized carbons (Fsp3) is 0.167. The van der Waals surface area contributed by atoms with Crippen LogP contribution in [0.3, 0.4) is 0 Å². The molecule has 0 aliphatic carbocycles. The van der Waals surface area contributed by atoms with Crippen molar-refractivity contribution in [2.45, 2.75) is 13.0 Å². The molecule has 0 spiro atoms.